The molecule has 1 aromatic rings. The van der Waals surface area contributed by atoms with Gasteiger partial charge in [0.2, 0.25) is 10.0 Å². The van der Waals surface area contributed by atoms with Gasteiger partial charge in [-0.2, -0.15) is 4.31 Å². The summed E-state index contributed by atoms with van der Waals surface area (Å²) < 4.78 is 31.7. The number of hydrogen-bond donors (Lipinski definition) is 2. The van der Waals surface area contributed by atoms with Crippen LogP contribution in [0.3, 0.4) is 0 Å². The summed E-state index contributed by atoms with van der Waals surface area (Å²) in [6.07, 6.45) is -0.757. The lowest BCUT2D eigenvalue weighted by Gasteiger charge is -2.31. The van der Waals surface area contributed by atoms with E-state index in [1.807, 2.05) is 12.1 Å². The Morgan fingerprint density at radius 2 is 1.78 bits per heavy atom. The van der Waals surface area contributed by atoms with Crippen molar-refractivity contribution in [1.29, 1.82) is 0 Å². The Balaban J connectivity index is 1.90. The van der Waals surface area contributed by atoms with E-state index in [-0.39, 0.29) is 18.0 Å². The molecule has 0 saturated carbocycles. The first-order valence-electron chi connectivity index (χ1n) is 9.14. The average molecular weight is 399 g/mol. The summed E-state index contributed by atoms with van der Waals surface area (Å²) in [5.74, 6) is -0.0846. The summed E-state index contributed by atoms with van der Waals surface area (Å²) in [5.41, 5.74) is 1.09. The largest absolute Gasteiger partial charge is 0.450 e. The molecule has 2 rings (SSSR count). The first kappa shape index (κ1) is 21.3. The van der Waals surface area contributed by atoms with E-state index in [4.69, 9.17) is 0 Å². The van der Waals surface area contributed by atoms with E-state index in [1.54, 1.807) is 19.1 Å². The Morgan fingerprint density at radius 1 is 1.19 bits per heavy atom. The zero-order valence-corrected chi connectivity index (χ0v) is 16.8. The Kier molecular flexibility index (Phi) is 7.34. The average Bonchev–Trinajstić information content (AvgIpc) is 2.62. The first-order chi connectivity index (χ1) is 12.7. The quantitative estimate of drug-likeness (QED) is 0.702. The van der Waals surface area contributed by atoms with E-state index >= 15 is 0 Å². The molecular weight excluding hydrogens is 370 g/mol. The number of amides is 2. The molecule has 1 saturated heterocycles. The first-order valence-corrected chi connectivity index (χ1v) is 10.6. The highest BCUT2D eigenvalue weighted by atomic mass is 32.2. The van der Waals surface area contributed by atoms with Crippen molar-refractivity contribution in [3.8, 4) is 0 Å². The molecule has 1 aliphatic rings. The standard InChI is InChI=1S/C18H27N3O5S/c1-4-26-18(23)19-17(22)13-20-9-11-21(12-10-20)27(24,25)16-7-5-15(6-8-16)14(2)3/h5-8,14H,4,9-13H2,1-3H3,(H,19,22,23)/p+1. The van der Waals surface area contributed by atoms with Crippen LogP contribution in [0, 0.1) is 0 Å². The molecule has 150 valence electrons. The third kappa shape index (κ3) is 5.75. The van der Waals surface area contributed by atoms with Crippen LogP contribution in [0.25, 0.3) is 0 Å². The smallest absolute Gasteiger partial charge is 0.414 e. The number of piperazine rings is 1. The van der Waals surface area contributed by atoms with Crippen LogP contribution in [0.15, 0.2) is 29.2 Å². The van der Waals surface area contributed by atoms with E-state index in [9.17, 15) is 18.0 Å². The fourth-order valence-electron chi connectivity index (χ4n) is 2.95. The maximum Gasteiger partial charge on any atom is 0.414 e. The van der Waals surface area contributed by atoms with Gasteiger partial charge in [-0.25, -0.2) is 13.2 Å². The van der Waals surface area contributed by atoms with Crippen LogP contribution >= 0.6 is 0 Å². The highest BCUT2D eigenvalue weighted by molar-refractivity contribution is 7.89. The molecule has 1 fully saturated rings. The van der Waals surface area contributed by atoms with E-state index in [2.05, 4.69) is 23.9 Å². The summed E-state index contributed by atoms with van der Waals surface area (Å²) in [6, 6.07) is 6.99. The number of carbonyl (C=O) groups is 2. The van der Waals surface area contributed by atoms with Gasteiger partial charge in [0, 0.05) is 0 Å². The molecule has 1 aromatic carbocycles. The maximum absolute atomic E-state index is 12.8. The molecule has 27 heavy (non-hydrogen) atoms. The summed E-state index contributed by atoms with van der Waals surface area (Å²) in [6.45, 7) is 7.74. The topological polar surface area (TPSA) is 97.2 Å². The SMILES string of the molecule is CCOC(=O)NC(=O)C[NH+]1CCN(S(=O)(=O)c2ccc(C(C)C)cc2)CC1. The second-order valence-corrected chi connectivity index (χ2v) is 8.76. The summed E-state index contributed by atoms with van der Waals surface area (Å²) >= 11 is 0. The minimum atomic E-state index is -3.54. The number of ether oxygens (including phenoxy) is 1. The number of hydrogen-bond acceptors (Lipinski definition) is 5. The van der Waals surface area contributed by atoms with Crippen LogP contribution < -0.4 is 10.2 Å². The fourth-order valence-corrected chi connectivity index (χ4v) is 4.39. The highest BCUT2D eigenvalue weighted by Gasteiger charge is 2.31. The number of rotatable bonds is 6. The van der Waals surface area contributed by atoms with Gasteiger partial charge in [-0.1, -0.05) is 26.0 Å². The Hall–Kier alpha value is -1.97. The Bertz CT molecular complexity index is 754. The molecule has 0 aromatic heterocycles. The number of sulfonamides is 1. The summed E-state index contributed by atoms with van der Waals surface area (Å²) in [7, 11) is -3.54. The van der Waals surface area contributed by atoms with Crippen LogP contribution in [0.4, 0.5) is 4.79 Å². The molecule has 0 unspecified atom stereocenters. The molecule has 0 radical (unpaired) electrons. The van der Waals surface area contributed by atoms with Crippen molar-refractivity contribution in [3.05, 3.63) is 29.8 Å². The lowest BCUT2D eigenvalue weighted by atomic mass is 10.0. The predicted molar refractivity (Wildman–Crippen MR) is 100 cm³/mol. The summed E-state index contributed by atoms with van der Waals surface area (Å²) in [5, 5.41) is 2.16. The number of imide groups is 1. The molecule has 9 heteroatoms. The van der Waals surface area contributed by atoms with Crippen molar-refractivity contribution in [2.24, 2.45) is 0 Å². The van der Waals surface area contributed by atoms with Gasteiger partial charge in [0.25, 0.3) is 5.91 Å². The van der Waals surface area contributed by atoms with Crippen molar-refractivity contribution in [1.82, 2.24) is 9.62 Å². The van der Waals surface area contributed by atoms with Crippen molar-refractivity contribution in [2.75, 3.05) is 39.3 Å². The second-order valence-electron chi connectivity index (χ2n) is 6.82. The Morgan fingerprint density at radius 3 is 2.30 bits per heavy atom. The van der Waals surface area contributed by atoms with Gasteiger partial charge < -0.3 is 9.64 Å². The fraction of sp³-hybridized carbons (Fsp3) is 0.556. The van der Waals surface area contributed by atoms with E-state index < -0.39 is 22.0 Å². The number of nitrogens with zero attached hydrogens (tertiary/aromatic N) is 1. The minimum absolute atomic E-state index is 0.107. The third-order valence-electron chi connectivity index (χ3n) is 4.54. The van der Waals surface area contributed by atoms with E-state index in [0.717, 1.165) is 10.5 Å². The molecule has 0 bridgehead atoms. The second kappa shape index (κ2) is 9.29. The summed E-state index contributed by atoms with van der Waals surface area (Å²) in [4.78, 5) is 24.3. The highest BCUT2D eigenvalue weighted by Crippen LogP contribution is 2.20. The van der Waals surface area contributed by atoms with Crippen LogP contribution in [0.5, 0.6) is 0 Å². The number of nitrogens with one attached hydrogen (secondary N) is 2. The van der Waals surface area contributed by atoms with Crippen LogP contribution in [0.1, 0.15) is 32.3 Å². The minimum Gasteiger partial charge on any atom is -0.450 e. The van der Waals surface area contributed by atoms with Crippen LogP contribution in [-0.4, -0.2) is 64.1 Å². The zero-order chi connectivity index (χ0) is 20.0. The van der Waals surface area contributed by atoms with E-state index in [1.165, 1.54) is 4.31 Å². The third-order valence-corrected chi connectivity index (χ3v) is 6.45. The number of quaternary nitrogens is 1. The number of carbonyl (C=O) groups excluding carboxylic acids is 2. The molecule has 0 spiro atoms. The predicted octanol–water partition coefficient (Wildman–Crippen LogP) is -0.0281. The van der Waals surface area contributed by atoms with Gasteiger partial charge in [0.05, 0.1) is 37.7 Å². The van der Waals surface area contributed by atoms with Gasteiger partial charge in [0.15, 0.2) is 6.54 Å². The zero-order valence-electron chi connectivity index (χ0n) is 16.0. The molecule has 0 aliphatic carbocycles. The van der Waals surface area contributed by atoms with Crippen molar-refractivity contribution in [3.63, 3.8) is 0 Å². The Labute approximate surface area is 160 Å². The van der Waals surface area contributed by atoms with E-state index in [0.29, 0.717) is 32.1 Å². The lowest BCUT2D eigenvalue weighted by molar-refractivity contribution is -0.895. The normalized spacial score (nSPS) is 16.3. The molecule has 0 atom stereocenters. The molecule has 8 nitrogen and oxygen atoms in total. The van der Waals surface area contributed by atoms with Gasteiger partial charge in [-0.05, 0) is 30.5 Å². The molecule has 1 heterocycles. The molecular formula is C18H28N3O5S+. The van der Waals surface area contributed by atoms with Crippen LogP contribution in [-0.2, 0) is 19.6 Å². The molecule has 2 amide bonds. The van der Waals surface area contributed by atoms with Crippen LogP contribution in [0.2, 0.25) is 0 Å². The molecule has 2 N–H and O–H groups in total. The van der Waals surface area contributed by atoms with Gasteiger partial charge in [-0.3, -0.25) is 10.1 Å². The van der Waals surface area contributed by atoms with Gasteiger partial charge in [0.1, 0.15) is 0 Å². The van der Waals surface area contributed by atoms with Gasteiger partial charge >= 0.3 is 6.09 Å². The number of alkyl carbamates (subject to hydrolysis) is 1. The van der Waals surface area contributed by atoms with Gasteiger partial charge in [-0.15, -0.1) is 0 Å². The number of benzene rings is 1. The molecule has 1 aliphatic heterocycles. The monoisotopic (exact) mass is 398 g/mol. The lowest BCUT2D eigenvalue weighted by Crippen LogP contribution is -3.15. The maximum atomic E-state index is 12.8. The van der Waals surface area contributed by atoms with Crippen molar-refractivity contribution in [2.45, 2.75) is 31.6 Å². The van der Waals surface area contributed by atoms with Crippen molar-refractivity contribution >= 4 is 22.0 Å². The van der Waals surface area contributed by atoms with Crippen molar-refractivity contribution < 1.29 is 27.6 Å².